The lowest BCUT2D eigenvalue weighted by molar-refractivity contribution is -0.112. The first-order valence-electron chi connectivity index (χ1n) is 10.5. The third-order valence-corrected chi connectivity index (χ3v) is 5.85. The number of amides is 4. The van der Waals surface area contributed by atoms with E-state index in [0.29, 0.717) is 5.69 Å². The van der Waals surface area contributed by atoms with Gasteiger partial charge in [-0.15, -0.1) is 23.7 Å². The van der Waals surface area contributed by atoms with Gasteiger partial charge in [0.25, 0.3) is 23.6 Å². The van der Waals surface area contributed by atoms with Crippen molar-refractivity contribution in [1.29, 1.82) is 5.41 Å². The van der Waals surface area contributed by atoms with Gasteiger partial charge in [-0.2, -0.15) is 5.10 Å². The maximum Gasteiger partial charge on any atom is 0.275 e. The summed E-state index contributed by atoms with van der Waals surface area (Å²) in [5, 5.41) is 23.4. The van der Waals surface area contributed by atoms with Crippen LogP contribution in [0.15, 0.2) is 34.8 Å². The molecular weight excluding hydrogens is 604 g/mol. The van der Waals surface area contributed by atoms with Crippen LogP contribution in [0.3, 0.4) is 0 Å². The standard InChI is InChI=1S/C21H23BrN10O4S.ClH/c1-10(22)17(33)29-21-27-12(9-37-21)18(34)26-11-6-13(31(2)8-11)20(36)28-16-7-14(32(3)30-16)19(35)25-5-4-15(23)24;/h6-9H,1,4-5H2,2-3H3,(H3,23,24)(H,25,35)(H,26,34)(H,27,29,33)(H,28,30,36);1H. The van der Waals surface area contributed by atoms with Gasteiger partial charge < -0.3 is 26.3 Å². The molecule has 3 heterocycles. The fourth-order valence-electron chi connectivity index (χ4n) is 2.98. The van der Waals surface area contributed by atoms with E-state index in [1.54, 1.807) is 20.3 Å². The highest BCUT2D eigenvalue weighted by Gasteiger charge is 2.19. The smallest absolute Gasteiger partial charge is 0.275 e. The number of nitrogens with one attached hydrogen (secondary N) is 5. The van der Waals surface area contributed by atoms with E-state index in [4.69, 9.17) is 11.1 Å². The van der Waals surface area contributed by atoms with Crippen molar-refractivity contribution in [2.75, 3.05) is 22.5 Å². The highest BCUT2D eigenvalue weighted by atomic mass is 79.9. The number of carbonyl (C=O) groups excluding carboxylic acids is 4. The van der Waals surface area contributed by atoms with Crippen LogP contribution >= 0.6 is 39.7 Å². The zero-order valence-electron chi connectivity index (χ0n) is 20.1. The van der Waals surface area contributed by atoms with E-state index >= 15 is 0 Å². The zero-order chi connectivity index (χ0) is 27.3. The molecule has 0 bridgehead atoms. The number of aromatic nitrogens is 4. The van der Waals surface area contributed by atoms with E-state index in [2.05, 4.69) is 53.9 Å². The Balaban J connectivity index is 0.00000507. The zero-order valence-corrected chi connectivity index (χ0v) is 23.3. The minimum absolute atomic E-state index is 0. The molecular formula is C21H24BrClN10O4S. The summed E-state index contributed by atoms with van der Waals surface area (Å²) >= 11 is 4.04. The molecule has 0 saturated carbocycles. The summed E-state index contributed by atoms with van der Waals surface area (Å²) < 4.78 is 2.95. The lowest BCUT2D eigenvalue weighted by Gasteiger charge is -2.03. The first-order valence-corrected chi connectivity index (χ1v) is 12.2. The molecule has 38 heavy (non-hydrogen) atoms. The average molecular weight is 628 g/mol. The minimum Gasteiger partial charge on any atom is -0.388 e. The van der Waals surface area contributed by atoms with Crippen molar-refractivity contribution in [1.82, 2.24) is 24.6 Å². The third-order valence-electron chi connectivity index (χ3n) is 4.73. The molecule has 3 aromatic rings. The second kappa shape index (κ2) is 13.0. The van der Waals surface area contributed by atoms with E-state index in [9.17, 15) is 19.2 Å². The van der Waals surface area contributed by atoms with Crippen molar-refractivity contribution in [3.05, 3.63) is 51.9 Å². The van der Waals surface area contributed by atoms with Gasteiger partial charge in [-0.05, 0) is 22.0 Å². The molecule has 0 atom stereocenters. The van der Waals surface area contributed by atoms with Crippen molar-refractivity contribution in [2.24, 2.45) is 19.8 Å². The molecule has 0 aliphatic heterocycles. The summed E-state index contributed by atoms with van der Waals surface area (Å²) in [5.41, 5.74) is 6.13. The molecule has 4 amide bonds. The number of hydrogen-bond donors (Lipinski definition) is 6. The largest absolute Gasteiger partial charge is 0.388 e. The Labute approximate surface area is 235 Å². The number of anilines is 3. The summed E-state index contributed by atoms with van der Waals surface area (Å²) in [5.74, 6) is -1.84. The quantitative estimate of drug-likeness (QED) is 0.112. The number of amidine groups is 1. The SMILES string of the molecule is C=C(Br)C(=O)Nc1nc(C(=O)Nc2cc(C(=O)Nc3cc(C(=O)NCCC(=N)N)n(C)n3)n(C)c2)cs1.Cl. The van der Waals surface area contributed by atoms with E-state index < -0.39 is 23.6 Å². The predicted octanol–water partition coefficient (Wildman–Crippen LogP) is 2.04. The lowest BCUT2D eigenvalue weighted by atomic mass is 10.3. The molecule has 0 saturated heterocycles. The van der Waals surface area contributed by atoms with Crippen molar-refractivity contribution >= 4 is 85.8 Å². The highest BCUT2D eigenvalue weighted by molar-refractivity contribution is 9.12. The Morgan fingerprint density at radius 3 is 2.47 bits per heavy atom. The van der Waals surface area contributed by atoms with Crippen LogP contribution in [-0.4, -0.2) is 55.3 Å². The number of carbonyl (C=O) groups is 4. The molecule has 0 aliphatic carbocycles. The number of nitrogens with zero attached hydrogens (tertiary/aromatic N) is 4. The van der Waals surface area contributed by atoms with Gasteiger partial charge in [-0.3, -0.25) is 34.6 Å². The summed E-state index contributed by atoms with van der Waals surface area (Å²) in [6, 6.07) is 2.88. The van der Waals surface area contributed by atoms with E-state index in [1.165, 1.54) is 26.8 Å². The summed E-state index contributed by atoms with van der Waals surface area (Å²) in [6.45, 7) is 3.66. The summed E-state index contributed by atoms with van der Waals surface area (Å²) in [6.07, 6.45) is 1.76. The average Bonchev–Trinajstić information content (AvgIpc) is 3.52. The van der Waals surface area contributed by atoms with Crippen molar-refractivity contribution in [3.8, 4) is 0 Å². The van der Waals surface area contributed by atoms with Gasteiger partial charge in [0.15, 0.2) is 10.9 Å². The molecule has 0 radical (unpaired) electrons. The van der Waals surface area contributed by atoms with Gasteiger partial charge in [-0.25, -0.2) is 4.98 Å². The molecule has 17 heteroatoms. The Hall–Kier alpha value is -4.02. The Bertz CT molecular complexity index is 1410. The molecule has 3 aromatic heterocycles. The number of hydrogen-bond acceptors (Lipinski definition) is 8. The van der Waals surface area contributed by atoms with E-state index in [-0.39, 0.29) is 63.7 Å². The molecule has 0 aliphatic rings. The summed E-state index contributed by atoms with van der Waals surface area (Å²) in [4.78, 5) is 53.4. The molecule has 202 valence electrons. The molecule has 3 rings (SSSR count). The lowest BCUT2D eigenvalue weighted by Crippen LogP contribution is -2.29. The van der Waals surface area contributed by atoms with Crippen LogP contribution in [-0.2, 0) is 18.9 Å². The first kappa shape index (κ1) is 30.2. The van der Waals surface area contributed by atoms with Crippen molar-refractivity contribution in [3.63, 3.8) is 0 Å². The van der Waals surface area contributed by atoms with Crippen LogP contribution < -0.4 is 27.0 Å². The van der Waals surface area contributed by atoms with Gasteiger partial charge in [0.2, 0.25) is 0 Å². The molecule has 0 spiro atoms. The predicted molar refractivity (Wildman–Crippen MR) is 149 cm³/mol. The van der Waals surface area contributed by atoms with Gasteiger partial charge in [0.1, 0.15) is 17.1 Å². The van der Waals surface area contributed by atoms with Crippen LogP contribution in [0.4, 0.5) is 16.6 Å². The second-order valence-electron chi connectivity index (χ2n) is 7.60. The van der Waals surface area contributed by atoms with Crippen LogP contribution in [0.2, 0.25) is 0 Å². The fourth-order valence-corrected chi connectivity index (χ4v) is 3.76. The number of rotatable bonds is 10. The highest BCUT2D eigenvalue weighted by Crippen LogP contribution is 2.20. The number of halogens is 2. The second-order valence-corrected chi connectivity index (χ2v) is 9.41. The topological polar surface area (TPSA) is 202 Å². The number of nitrogens with two attached hydrogens (primary N) is 1. The fraction of sp³-hybridized carbons (Fsp3) is 0.190. The maximum absolute atomic E-state index is 12.8. The minimum atomic E-state index is -0.530. The molecule has 7 N–H and O–H groups in total. The monoisotopic (exact) mass is 626 g/mol. The third kappa shape index (κ3) is 7.74. The van der Waals surface area contributed by atoms with Crippen molar-refractivity contribution < 1.29 is 19.2 Å². The van der Waals surface area contributed by atoms with Crippen molar-refractivity contribution in [2.45, 2.75) is 6.42 Å². The Kier molecular flexibility index (Phi) is 10.3. The van der Waals surface area contributed by atoms with Gasteiger partial charge in [0, 0.05) is 44.7 Å². The van der Waals surface area contributed by atoms with Gasteiger partial charge in [0.05, 0.1) is 16.0 Å². The van der Waals surface area contributed by atoms with E-state index in [0.717, 1.165) is 11.3 Å². The number of thiazole rings is 1. The van der Waals surface area contributed by atoms with Crippen LogP contribution in [0.1, 0.15) is 37.9 Å². The van der Waals surface area contributed by atoms with Gasteiger partial charge in [-0.1, -0.05) is 6.58 Å². The molecule has 0 aromatic carbocycles. The Morgan fingerprint density at radius 1 is 1.11 bits per heavy atom. The van der Waals surface area contributed by atoms with Gasteiger partial charge >= 0.3 is 0 Å². The van der Waals surface area contributed by atoms with Crippen LogP contribution in [0, 0.1) is 5.41 Å². The molecule has 0 fully saturated rings. The molecule has 14 nitrogen and oxygen atoms in total. The number of aryl methyl sites for hydroxylation is 2. The van der Waals surface area contributed by atoms with E-state index in [1.807, 2.05) is 0 Å². The maximum atomic E-state index is 12.8. The first-order chi connectivity index (χ1) is 17.4. The summed E-state index contributed by atoms with van der Waals surface area (Å²) in [7, 11) is 3.18. The Morgan fingerprint density at radius 2 is 1.82 bits per heavy atom. The van der Waals surface area contributed by atoms with Crippen LogP contribution in [0.5, 0.6) is 0 Å². The normalized spacial score (nSPS) is 10.2. The van der Waals surface area contributed by atoms with Crippen LogP contribution in [0.25, 0.3) is 0 Å². The molecule has 0 unspecified atom stereocenters.